The van der Waals surface area contributed by atoms with E-state index in [4.69, 9.17) is 0 Å². The normalized spacial score (nSPS) is 11.8. The lowest BCUT2D eigenvalue weighted by molar-refractivity contribution is -0.103. The van der Waals surface area contributed by atoms with Gasteiger partial charge in [0.05, 0.1) is 0 Å². The van der Waals surface area contributed by atoms with Gasteiger partial charge in [-0.3, -0.25) is 4.79 Å². The van der Waals surface area contributed by atoms with Crippen molar-refractivity contribution < 1.29 is 4.79 Å². The van der Waals surface area contributed by atoms with Gasteiger partial charge in [0.25, 0.3) is 0 Å². The molecular weight excluding hydrogens is 292 g/mol. The molecule has 0 aliphatic carbocycles. The van der Waals surface area contributed by atoms with Crippen molar-refractivity contribution in [3.8, 4) is 0 Å². The molecule has 0 radical (unpaired) electrons. The van der Waals surface area contributed by atoms with Gasteiger partial charge in [-0.1, -0.05) is 90.0 Å². The zero-order valence-corrected chi connectivity index (χ0v) is 14.0. The van der Waals surface area contributed by atoms with Crippen molar-refractivity contribution in [2.75, 3.05) is 0 Å². The molecule has 0 heterocycles. The van der Waals surface area contributed by atoms with Crippen LogP contribution in [-0.2, 0) is 4.79 Å². The number of hydrogen-bond donors (Lipinski definition) is 0. The van der Waals surface area contributed by atoms with E-state index in [-0.39, 0.29) is 0 Å². The van der Waals surface area contributed by atoms with Gasteiger partial charge in [-0.2, -0.15) is 0 Å². The van der Waals surface area contributed by atoms with Crippen molar-refractivity contribution in [2.45, 2.75) is 13.8 Å². The molecule has 0 unspecified atom stereocenters. The number of carbonyl (C=O) groups is 1. The Balaban J connectivity index is 2.27. The van der Waals surface area contributed by atoms with Crippen LogP contribution < -0.4 is 0 Å². The van der Waals surface area contributed by atoms with Crippen molar-refractivity contribution in [1.82, 2.24) is 0 Å². The van der Waals surface area contributed by atoms with Gasteiger partial charge >= 0.3 is 0 Å². The van der Waals surface area contributed by atoms with Crippen LogP contribution in [0.4, 0.5) is 0 Å². The van der Waals surface area contributed by atoms with Gasteiger partial charge < -0.3 is 0 Å². The zero-order valence-electron chi connectivity index (χ0n) is 14.0. The third-order valence-corrected chi connectivity index (χ3v) is 4.15. The van der Waals surface area contributed by atoms with Crippen LogP contribution in [0.15, 0.2) is 78.9 Å². The molecule has 0 bridgehead atoms. The minimum Gasteiger partial charge on any atom is -0.298 e. The SMILES string of the molecule is Cc1ccc(/C(C=O)=C(/c2ccccc2)c2ccc(C)cc2)cc1. The Kier molecular flexibility index (Phi) is 4.72. The van der Waals surface area contributed by atoms with Gasteiger partial charge in [0.1, 0.15) is 0 Å². The van der Waals surface area contributed by atoms with Gasteiger partial charge in [0.2, 0.25) is 0 Å². The summed E-state index contributed by atoms with van der Waals surface area (Å²) < 4.78 is 0. The molecule has 0 N–H and O–H groups in total. The topological polar surface area (TPSA) is 17.1 Å². The van der Waals surface area contributed by atoms with Crippen LogP contribution in [0.5, 0.6) is 0 Å². The average Bonchev–Trinajstić information content (AvgIpc) is 2.62. The molecule has 0 saturated carbocycles. The number of carbonyl (C=O) groups excluding carboxylic acids is 1. The van der Waals surface area contributed by atoms with Gasteiger partial charge in [-0.25, -0.2) is 0 Å². The monoisotopic (exact) mass is 312 g/mol. The third kappa shape index (κ3) is 3.36. The second-order valence-electron chi connectivity index (χ2n) is 6.00. The Morgan fingerprint density at radius 1 is 0.625 bits per heavy atom. The van der Waals surface area contributed by atoms with Gasteiger partial charge in [0, 0.05) is 5.57 Å². The summed E-state index contributed by atoms with van der Waals surface area (Å²) in [4.78, 5) is 12.0. The molecule has 118 valence electrons. The summed E-state index contributed by atoms with van der Waals surface area (Å²) in [6.07, 6.45) is 0.965. The molecule has 1 nitrogen and oxygen atoms in total. The van der Waals surface area contributed by atoms with Gasteiger partial charge in [-0.15, -0.1) is 0 Å². The summed E-state index contributed by atoms with van der Waals surface area (Å²) in [5.41, 5.74) is 7.10. The van der Waals surface area contributed by atoms with E-state index in [2.05, 4.69) is 31.2 Å². The molecule has 0 amide bonds. The van der Waals surface area contributed by atoms with Crippen LogP contribution >= 0.6 is 0 Å². The Morgan fingerprint density at radius 3 is 1.58 bits per heavy atom. The van der Waals surface area contributed by atoms with E-state index >= 15 is 0 Å². The summed E-state index contributed by atoms with van der Waals surface area (Å²) in [6.45, 7) is 4.11. The van der Waals surface area contributed by atoms with E-state index in [0.717, 1.165) is 28.5 Å². The third-order valence-electron chi connectivity index (χ3n) is 4.15. The first-order chi connectivity index (χ1) is 11.7. The van der Waals surface area contributed by atoms with Crippen LogP contribution in [-0.4, -0.2) is 6.29 Å². The molecule has 24 heavy (non-hydrogen) atoms. The summed E-state index contributed by atoms with van der Waals surface area (Å²) in [6, 6.07) is 26.5. The molecular formula is C23H20O. The number of aryl methyl sites for hydroxylation is 2. The Morgan fingerprint density at radius 2 is 1.08 bits per heavy atom. The van der Waals surface area contributed by atoms with Crippen molar-refractivity contribution >= 4 is 17.4 Å². The van der Waals surface area contributed by atoms with Crippen molar-refractivity contribution in [1.29, 1.82) is 0 Å². The molecule has 0 atom stereocenters. The van der Waals surface area contributed by atoms with Crippen molar-refractivity contribution in [3.05, 3.63) is 107 Å². The van der Waals surface area contributed by atoms with Crippen LogP contribution in [0.25, 0.3) is 11.1 Å². The minimum absolute atomic E-state index is 0.713. The van der Waals surface area contributed by atoms with Crippen LogP contribution in [0.2, 0.25) is 0 Å². The number of allylic oxidation sites excluding steroid dienone is 1. The molecule has 0 spiro atoms. The predicted octanol–water partition coefficient (Wildman–Crippen LogP) is 5.46. The van der Waals surface area contributed by atoms with E-state index in [9.17, 15) is 4.79 Å². The smallest absolute Gasteiger partial charge is 0.151 e. The second-order valence-corrected chi connectivity index (χ2v) is 6.00. The molecule has 3 rings (SSSR count). The lowest BCUT2D eigenvalue weighted by Crippen LogP contribution is -1.96. The van der Waals surface area contributed by atoms with Crippen LogP contribution in [0.1, 0.15) is 27.8 Å². The van der Waals surface area contributed by atoms with E-state index in [1.807, 2.05) is 61.5 Å². The standard InChI is InChI=1S/C23H20O/c1-17-8-12-19(13-9-17)22(16-24)23(20-6-4-3-5-7-20)21-14-10-18(2)11-15-21/h3-16H,1-2H3/b23-22-. The lowest BCUT2D eigenvalue weighted by Gasteiger charge is -2.14. The number of aldehydes is 1. The first kappa shape index (κ1) is 15.9. The molecule has 0 saturated heterocycles. The van der Waals surface area contributed by atoms with E-state index in [0.29, 0.717) is 5.57 Å². The minimum atomic E-state index is 0.713. The largest absolute Gasteiger partial charge is 0.298 e. The quantitative estimate of drug-likeness (QED) is 0.355. The molecule has 0 aliphatic rings. The van der Waals surface area contributed by atoms with Crippen LogP contribution in [0.3, 0.4) is 0 Å². The highest BCUT2D eigenvalue weighted by molar-refractivity contribution is 6.20. The fraction of sp³-hybridized carbons (Fsp3) is 0.0870. The van der Waals surface area contributed by atoms with Crippen molar-refractivity contribution in [2.24, 2.45) is 0 Å². The Bertz CT molecular complexity index is 854. The molecule has 0 fully saturated rings. The number of rotatable bonds is 4. The summed E-state index contributed by atoms with van der Waals surface area (Å²) >= 11 is 0. The lowest BCUT2D eigenvalue weighted by atomic mass is 9.89. The molecule has 0 aliphatic heterocycles. The van der Waals surface area contributed by atoms with Gasteiger partial charge in [-0.05, 0) is 36.1 Å². The molecule has 3 aromatic rings. The van der Waals surface area contributed by atoms with Gasteiger partial charge in [0.15, 0.2) is 6.29 Å². The van der Waals surface area contributed by atoms with Crippen molar-refractivity contribution in [3.63, 3.8) is 0 Å². The fourth-order valence-electron chi connectivity index (χ4n) is 2.81. The summed E-state index contributed by atoms with van der Waals surface area (Å²) in [5.74, 6) is 0. The number of hydrogen-bond acceptors (Lipinski definition) is 1. The molecule has 0 aromatic heterocycles. The maximum absolute atomic E-state index is 12.0. The maximum atomic E-state index is 12.0. The second kappa shape index (κ2) is 7.10. The van der Waals surface area contributed by atoms with Crippen LogP contribution in [0, 0.1) is 13.8 Å². The zero-order chi connectivity index (χ0) is 16.9. The number of benzene rings is 3. The first-order valence-electron chi connectivity index (χ1n) is 8.08. The Hall–Kier alpha value is -2.93. The highest BCUT2D eigenvalue weighted by atomic mass is 16.1. The fourth-order valence-corrected chi connectivity index (χ4v) is 2.81. The molecule has 1 heteroatoms. The van der Waals surface area contributed by atoms with E-state index in [1.165, 1.54) is 11.1 Å². The highest BCUT2D eigenvalue weighted by Crippen LogP contribution is 2.31. The average molecular weight is 312 g/mol. The first-order valence-corrected chi connectivity index (χ1v) is 8.08. The summed E-state index contributed by atoms with van der Waals surface area (Å²) in [7, 11) is 0. The highest BCUT2D eigenvalue weighted by Gasteiger charge is 2.13. The summed E-state index contributed by atoms with van der Waals surface area (Å²) in [5, 5.41) is 0. The maximum Gasteiger partial charge on any atom is 0.151 e. The molecule has 3 aromatic carbocycles. The Labute approximate surface area is 143 Å². The predicted molar refractivity (Wildman–Crippen MR) is 101 cm³/mol. The van der Waals surface area contributed by atoms with E-state index in [1.54, 1.807) is 0 Å². The van der Waals surface area contributed by atoms with E-state index < -0.39 is 0 Å².